The van der Waals surface area contributed by atoms with E-state index >= 15 is 0 Å². The molecule has 0 aliphatic carbocycles. The maximum absolute atomic E-state index is 12.8. The molecule has 3 aromatic rings. The van der Waals surface area contributed by atoms with Gasteiger partial charge in [0, 0.05) is 11.3 Å². The normalized spacial score (nSPS) is 10.9. The second kappa shape index (κ2) is 8.82. The Morgan fingerprint density at radius 1 is 0.767 bits per heavy atom. The maximum Gasteiger partial charge on any atom is 0.257 e. The van der Waals surface area contributed by atoms with Crippen molar-refractivity contribution < 1.29 is 14.3 Å². The molecule has 0 heterocycles. The molecule has 2 N–H and O–H groups in total. The number of methoxy groups -OCH3 is 1. The molecule has 0 fully saturated rings. The van der Waals surface area contributed by atoms with E-state index in [4.69, 9.17) is 4.74 Å². The van der Waals surface area contributed by atoms with Crippen molar-refractivity contribution >= 4 is 23.2 Å². The molecule has 2 amide bonds. The van der Waals surface area contributed by atoms with Crippen LogP contribution in [0.15, 0.2) is 72.8 Å². The van der Waals surface area contributed by atoms with Gasteiger partial charge in [0.15, 0.2) is 0 Å². The Labute approximate surface area is 177 Å². The number of anilines is 2. The summed E-state index contributed by atoms with van der Waals surface area (Å²) >= 11 is 0. The van der Waals surface area contributed by atoms with Crippen LogP contribution in [0.5, 0.6) is 5.75 Å². The summed E-state index contributed by atoms with van der Waals surface area (Å²) in [6, 6.07) is 21.5. The molecule has 0 aromatic heterocycles. The maximum atomic E-state index is 12.8. The van der Waals surface area contributed by atoms with E-state index in [9.17, 15) is 9.59 Å². The first-order valence-corrected chi connectivity index (χ1v) is 9.74. The largest absolute Gasteiger partial charge is 0.497 e. The number of rotatable bonds is 5. The molecular weight excluding hydrogens is 376 g/mol. The van der Waals surface area contributed by atoms with Gasteiger partial charge in [-0.25, -0.2) is 0 Å². The number of amides is 2. The number of hydrogen-bond acceptors (Lipinski definition) is 3. The van der Waals surface area contributed by atoms with E-state index < -0.39 is 0 Å². The number of benzene rings is 3. The quantitative estimate of drug-likeness (QED) is 0.592. The summed E-state index contributed by atoms with van der Waals surface area (Å²) in [6.07, 6.45) is 0. The van der Waals surface area contributed by atoms with Crippen molar-refractivity contribution in [2.75, 3.05) is 17.7 Å². The lowest BCUT2D eigenvalue weighted by Gasteiger charge is -2.19. The zero-order valence-electron chi connectivity index (χ0n) is 17.7. The highest BCUT2D eigenvalue weighted by Crippen LogP contribution is 2.23. The van der Waals surface area contributed by atoms with Crippen molar-refractivity contribution in [2.24, 2.45) is 0 Å². The van der Waals surface area contributed by atoms with Crippen molar-refractivity contribution in [2.45, 2.75) is 26.2 Å². The minimum Gasteiger partial charge on any atom is -0.497 e. The molecule has 0 spiro atoms. The van der Waals surface area contributed by atoms with Gasteiger partial charge in [0.25, 0.3) is 11.8 Å². The van der Waals surface area contributed by atoms with Crippen LogP contribution < -0.4 is 15.4 Å². The number of ether oxygens (including phenoxy) is 1. The molecule has 5 heteroatoms. The van der Waals surface area contributed by atoms with Gasteiger partial charge < -0.3 is 15.4 Å². The van der Waals surface area contributed by atoms with Gasteiger partial charge in [-0.05, 0) is 59.5 Å². The van der Waals surface area contributed by atoms with E-state index in [0.29, 0.717) is 28.3 Å². The Balaban J connectivity index is 1.75. The number of nitrogens with one attached hydrogen (secondary N) is 2. The molecule has 0 radical (unpaired) electrons. The van der Waals surface area contributed by atoms with Gasteiger partial charge in [0.1, 0.15) is 5.75 Å². The average molecular weight is 402 g/mol. The molecular formula is C25H26N2O3. The Morgan fingerprint density at radius 2 is 1.40 bits per heavy atom. The van der Waals surface area contributed by atoms with E-state index in [1.54, 1.807) is 67.8 Å². The molecule has 0 bridgehead atoms. The van der Waals surface area contributed by atoms with Crippen LogP contribution in [0.1, 0.15) is 47.1 Å². The molecule has 3 rings (SSSR count). The second-order valence-electron chi connectivity index (χ2n) is 8.01. The van der Waals surface area contributed by atoms with Gasteiger partial charge in [0.05, 0.1) is 18.4 Å². The fraction of sp³-hybridized carbons (Fsp3) is 0.200. The Morgan fingerprint density at radius 3 is 2.00 bits per heavy atom. The summed E-state index contributed by atoms with van der Waals surface area (Å²) in [4.78, 5) is 25.5. The molecule has 3 aromatic carbocycles. The lowest BCUT2D eigenvalue weighted by molar-refractivity contribution is 0.102. The van der Waals surface area contributed by atoms with Gasteiger partial charge >= 0.3 is 0 Å². The lowest BCUT2D eigenvalue weighted by atomic mass is 9.86. The van der Waals surface area contributed by atoms with Gasteiger partial charge in [0.2, 0.25) is 0 Å². The smallest absolute Gasteiger partial charge is 0.257 e. The highest BCUT2D eigenvalue weighted by atomic mass is 16.5. The van der Waals surface area contributed by atoms with Crippen molar-refractivity contribution in [3.05, 3.63) is 89.5 Å². The van der Waals surface area contributed by atoms with Crippen molar-refractivity contribution in [1.29, 1.82) is 0 Å². The van der Waals surface area contributed by atoms with Crippen LogP contribution in [0.25, 0.3) is 0 Å². The summed E-state index contributed by atoms with van der Waals surface area (Å²) in [5, 5.41) is 5.69. The monoisotopic (exact) mass is 402 g/mol. The van der Waals surface area contributed by atoms with E-state index in [1.165, 1.54) is 0 Å². The van der Waals surface area contributed by atoms with Gasteiger partial charge in [-0.2, -0.15) is 0 Å². The summed E-state index contributed by atoms with van der Waals surface area (Å²) in [5.41, 5.74) is 3.18. The lowest BCUT2D eigenvalue weighted by Crippen LogP contribution is -2.18. The average Bonchev–Trinajstić information content (AvgIpc) is 2.74. The first-order chi connectivity index (χ1) is 14.3. The molecule has 5 nitrogen and oxygen atoms in total. The molecule has 0 unspecified atom stereocenters. The Kier molecular flexibility index (Phi) is 6.21. The first-order valence-electron chi connectivity index (χ1n) is 9.74. The van der Waals surface area contributed by atoms with E-state index in [0.717, 1.165) is 5.56 Å². The van der Waals surface area contributed by atoms with Crippen molar-refractivity contribution in [3.63, 3.8) is 0 Å². The van der Waals surface area contributed by atoms with Crippen molar-refractivity contribution in [3.8, 4) is 5.75 Å². The Bertz CT molecular complexity index is 1030. The van der Waals surface area contributed by atoms with Crippen LogP contribution in [-0.4, -0.2) is 18.9 Å². The van der Waals surface area contributed by atoms with Crippen molar-refractivity contribution in [1.82, 2.24) is 0 Å². The summed E-state index contributed by atoms with van der Waals surface area (Å²) in [7, 11) is 1.59. The van der Waals surface area contributed by atoms with Crippen LogP contribution in [-0.2, 0) is 5.41 Å². The minimum absolute atomic E-state index is 0.0150. The third kappa shape index (κ3) is 5.06. The van der Waals surface area contributed by atoms with Crippen LogP contribution in [0, 0.1) is 0 Å². The molecule has 0 aliphatic heterocycles. The number of carbonyl (C=O) groups excluding carboxylic acids is 2. The summed E-state index contributed by atoms with van der Waals surface area (Å²) in [6.45, 7) is 6.37. The van der Waals surface area contributed by atoms with E-state index in [2.05, 4.69) is 31.4 Å². The first kappa shape index (κ1) is 21.1. The topological polar surface area (TPSA) is 67.4 Å². The third-order valence-corrected chi connectivity index (χ3v) is 4.78. The zero-order chi connectivity index (χ0) is 21.7. The molecule has 0 atom stereocenters. The van der Waals surface area contributed by atoms with Crippen LogP contribution in [0.3, 0.4) is 0 Å². The Hall–Kier alpha value is -3.60. The predicted molar refractivity (Wildman–Crippen MR) is 120 cm³/mol. The zero-order valence-corrected chi connectivity index (χ0v) is 17.7. The number of carbonyl (C=O) groups is 2. The summed E-state index contributed by atoms with van der Waals surface area (Å²) < 4.78 is 5.13. The summed E-state index contributed by atoms with van der Waals surface area (Å²) in [5.74, 6) is 0.137. The number of para-hydroxylation sites is 1. The standard InChI is InChI=1S/C25H26N2O3/c1-25(2,3)18-11-9-17(10-12-18)23(28)27-22-8-6-5-7-21(22)24(29)26-19-13-15-20(30-4)16-14-19/h5-16H,1-4H3,(H,26,29)(H,27,28). The predicted octanol–water partition coefficient (Wildman–Crippen LogP) is 5.50. The van der Waals surface area contributed by atoms with Crippen LogP contribution in [0.4, 0.5) is 11.4 Å². The number of hydrogen-bond donors (Lipinski definition) is 2. The van der Waals surface area contributed by atoms with Crippen LogP contribution >= 0.6 is 0 Å². The SMILES string of the molecule is COc1ccc(NC(=O)c2ccccc2NC(=O)c2ccc(C(C)(C)C)cc2)cc1. The van der Waals surface area contributed by atoms with E-state index in [-0.39, 0.29) is 17.2 Å². The third-order valence-electron chi connectivity index (χ3n) is 4.78. The van der Waals surface area contributed by atoms with E-state index in [1.807, 2.05) is 12.1 Å². The molecule has 154 valence electrons. The highest BCUT2D eigenvalue weighted by molar-refractivity contribution is 6.12. The van der Waals surface area contributed by atoms with Gasteiger partial charge in [-0.15, -0.1) is 0 Å². The molecule has 0 saturated heterocycles. The fourth-order valence-corrected chi connectivity index (χ4v) is 2.98. The fourth-order valence-electron chi connectivity index (χ4n) is 2.98. The molecule has 30 heavy (non-hydrogen) atoms. The van der Waals surface area contributed by atoms with Gasteiger partial charge in [-0.3, -0.25) is 9.59 Å². The molecule has 0 saturated carbocycles. The highest BCUT2D eigenvalue weighted by Gasteiger charge is 2.16. The van der Waals surface area contributed by atoms with Crippen LogP contribution in [0.2, 0.25) is 0 Å². The second-order valence-corrected chi connectivity index (χ2v) is 8.01. The molecule has 0 aliphatic rings. The minimum atomic E-state index is -0.306. The van der Waals surface area contributed by atoms with Gasteiger partial charge in [-0.1, -0.05) is 45.0 Å².